The Bertz CT molecular complexity index is 434. The lowest BCUT2D eigenvalue weighted by molar-refractivity contribution is -0.116. The van der Waals surface area contributed by atoms with Crippen LogP contribution in [0.15, 0.2) is 29.2 Å². The Hall–Kier alpha value is -0.710. The number of amides is 1. The van der Waals surface area contributed by atoms with E-state index in [0.717, 1.165) is 23.5 Å². The van der Waals surface area contributed by atoms with E-state index in [1.54, 1.807) is 11.8 Å². The Labute approximate surface area is 131 Å². The van der Waals surface area contributed by atoms with Crippen molar-refractivity contribution in [2.24, 2.45) is 0 Å². The zero-order chi connectivity index (χ0) is 13.7. The van der Waals surface area contributed by atoms with Crippen LogP contribution in [-0.2, 0) is 4.79 Å². The van der Waals surface area contributed by atoms with Gasteiger partial charge in [0.25, 0.3) is 0 Å². The molecule has 1 aromatic carbocycles. The molecule has 3 nitrogen and oxygen atoms in total. The maximum Gasteiger partial charge on any atom is 0.225 e. The van der Waals surface area contributed by atoms with Gasteiger partial charge in [0.15, 0.2) is 0 Å². The van der Waals surface area contributed by atoms with Gasteiger partial charge in [-0.25, -0.2) is 0 Å². The van der Waals surface area contributed by atoms with Crippen LogP contribution in [0.3, 0.4) is 0 Å². The van der Waals surface area contributed by atoms with Crippen molar-refractivity contribution in [2.45, 2.75) is 49.3 Å². The Kier molecular flexibility index (Phi) is 7.41. The van der Waals surface area contributed by atoms with E-state index < -0.39 is 0 Å². The van der Waals surface area contributed by atoms with Gasteiger partial charge in [-0.1, -0.05) is 26.0 Å². The number of rotatable bonds is 5. The predicted molar refractivity (Wildman–Crippen MR) is 89.0 cm³/mol. The van der Waals surface area contributed by atoms with Gasteiger partial charge in [-0.3, -0.25) is 4.79 Å². The second kappa shape index (κ2) is 8.55. The average Bonchev–Trinajstić information content (AvgIpc) is 2.83. The van der Waals surface area contributed by atoms with Crippen molar-refractivity contribution in [2.75, 3.05) is 11.9 Å². The first-order chi connectivity index (χ1) is 9.15. The van der Waals surface area contributed by atoms with Crippen LogP contribution in [0.25, 0.3) is 0 Å². The summed E-state index contributed by atoms with van der Waals surface area (Å²) in [5.41, 5.74) is 0.934. The van der Waals surface area contributed by atoms with Gasteiger partial charge in [-0.15, -0.1) is 24.2 Å². The van der Waals surface area contributed by atoms with Gasteiger partial charge in [0, 0.05) is 22.6 Å². The van der Waals surface area contributed by atoms with Crippen molar-refractivity contribution in [1.29, 1.82) is 0 Å². The molecule has 2 rings (SSSR count). The average molecular weight is 315 g/mol. The summed E-state index contributed by atoms with van der Waals surface area (Å²) in [6.45, 7) is 5.36. The largest absolute Gasteiger partial charge is 0.325 e. The fourth-order valence-electron chi connectivity index (χ4n) is 2.28. The van der Waals surface area contributed by atoms with Crippen LogP contribution in [-0.4, -0.2) is 23.7 Å². The molecular weight excluding hydrogens is 292 g/mol. The number of halogens is 1. The first kappa shape index (κ1) is 17.3. The van der Waals surface area contributed by atoms with Gasteiger partial charge < -0.3 is 10.6 Å². The summed E-state index contributed by atoms with van der Waals surface area (Å²) in [5.74, 6) is 0.108. The van der Waals surface area contributed by atoms with Crippen LogP contribution in [0.2, 0.25) is 0 Å². The molecule has 0 saturated carbocycles. The molecule has 1 atom stereocenters. The number of hydrogen-bond acceptors (Lipinski definition) is 3. The smallest absolute Gasteiger partial charge is 0.225 e. The molecule has 1 aliphatic rings. The molecular formula is C15H23ClN2OS. The highest BCUT2D eigenvalue weighted by Crippen LogP contribution is 2.30. The van der Waals surface area contributed by atoms with E-state index in [9.17, 15) is 4.79 Å². The van der Waals surface area contributed by atoms with E-state index in [2.05, 4.69) is 30.5 Å². The summed E-state index contributed by atoms with van der Waals surface area (Å²) in [7, 11) is 0. The number of thioether (sulfide) groups is 1. The molecule has 2 N–H and O–H groups in total. The number of carbonyl (C=O) groups excluding carboxylic acids is 1. The zero-order valence-electron chi connectivity index (χ0n) is 12.0. The highest BCUT2D eigenvalue weighted by atomic mass is 35.5. The third-order valence-corrected chi connectivity index (χ3v) is 4.20. The van der Waals surface area contributed by atoms with Crippen LogP contribution < -0.4 is 10.6 Å². The van der Waals surface area contributed by atoms with Crippen molar-refractivity contribution in [3.63, 3.8) is 0 Å². The molecule has 0 bridgehead atoms. The van der Waals surface area contributed by atoms with E-state index in [4.69, 9.17) is 0 Å². The Balaban J connectivity index is 0.00000200. The quantitative estimate of drug-likeness (QED) is 0.814. The third-order valence-electron chi connectivity index (χ3n) is 3.12. The third kappa shape index (κ3) is 5.35. The molecule has 0 aromatic heterocycles. The summed E-state index contributed by atoms with van der Waals surface area (Å²) in [5, 5.41) is 6.91. The zero-order valence-corrected chi connectivity index (χ0v) is 13.7. The van der Waals surface area contributed by atoms with E-state index >= 15 is 0 Å². The molecule has 0 radical (unpaired) electrons. The second-order valence-corrected chi connectivity index (χ2v) is 6.83. The Morgan fingerprint density at radius 3 is 2.85 bits per heavy atom. The minimum Gasteiger partial charge on any atom is -0.325 e. The molecule has 1 aliphatic heterocycles. The maximum atomic E-state index is 12.0. The molecule has 0 aliphatic carbocycles. The van der Waals surface area contributed by atoms with Crippen LogP contribution in [0.5, 0.6) is 0 Å². The van der Waals surface area contributed by atoms with E-state index in [-0.39, 0.29) is 18.3 Å². The van der Waals surface area contributed by atoms with E-state index in [1.807, 2.05) is 18.2 Å². The van der Waals surface area contributed by atoms with Crippen LogP contribution in [0.4, 0.5) is 5.69 Å². The molecule has 1 fully saturated rings. The van der Waals surface area contributed by atoms with E-state index in [1.165, 1.54) is 6.42 Å². The van der Waals surface area contributed by atoms with Gasteiger partial charge >= 0.3 is 0 Å². The SMILES string of the molecule is CC(C)Sc1ccccc1NC(=O)CC1CCCN1.Cl. The minimum atomic E-state index is 0. The highest BCUT2D eigenvalue weighted by Gasteiger charge is 2.18. The van der Waals surface area contributed by atoms with Crippen LogP contribution >= 0.6 is 24.2 Å². The highest BCUT2D eigenvalue weighted by molar-refractivity contribution is 8.00. The standard InChI is InChI=1S/C15H22N2OS.ClH/c1-11(2)19-14-8-4-3-7-13(14)17-15(18)10-12-6-5-9-16-12;/h3-4,7-8,11-12,16H,5-6,9-10H2,1-2H3,(H,17,18);1H. The van der Waals surface area contributed by atoms with Crippen molar-refractivity contribution in [3.05, 3.63) is 24.3 Å². The number of carbonyl (C=O) groups is 1. The van der Waals surface area contributed by atoms with Crippen molar-refractivity contribution >= 4 is 35.8 Å². The number of para-hydroxylation sites is 1. The van der Waals surface area contributed by atoms with Crippen LogP contribution in [0.1, 0.15) is 33.1 Å². The number of nitrogens with one attached hydrogen (secondary N) is 2. The summed E-state index contributed by atoms with van der Waals surface area (Å²) in [4.78, 5) is 13.2. The maximum absolute atomic E-state index is 12.0. The Morgan fingerprint density at radius 1 is 1.45 bits per heavy atom. The van der Waals surface area contributed by atoms with Gasteiger partial charge in [-0.05, 0) is 31.5 Å². The second-order valence-electron chi connectivity index (χ2n) is 5.21. The van der Waals surface area contributed by atoms with Gasteiger partial charge in [0.05, 0.1) is 5.69 Å². The van der Waals surface area contributed by atoms with Crippen molar-refractivity contribution in [1.82, 2.24) is 5.32 Å². The molecule has 1 unspecified atom stereocenters. The lowest BCUT2D eigenvalue weighted by Crippen LogP contribution is -2.27. The minimum absolute atomic E-state index is 0. The Morgan fingerprint density at radius 2 is 2.20 bits per heavy atom. The van der Waals surface area contributed by atoms with Gasteiger partial charge in [-0.2, -0.15) is 0 Å². The molecule has 1 aromatic rings. The number of anilines is 1. The molecule has 1 heterocycles. The van der Waals surface area contributed by atoms with E-state index in [0.29, 0.717) is 17.7 Å². The normalized spacial score (nSPS) is 17.9. The first-order valence-electron chi connectivity index (χ1n) is 6.94. The number of benzene rings is 1. The number of hydrogen-bond donors (Lipinski definition) is 2. The van der Waals surface area contributed by atoms with Crippen molar-refractivity contribution in [3.8, 4) is 0 Å². The summed E-state index contributed by atoms with van der Waals surface area (Å²) < 4.78 is 0. The summed E-state index contributed by atoms with van der Waals surface area (Å²) >= 11 is 1.78. The topological polar surface area (TPSA) is 41.1 Å². The monoisotopic (exact) mass is 314 g/mol. The molecule has 1 amide bonds. The van der Waals surface area contributed by atoms with Crippen molar-refractivity contribution < 1.29 is 4.79 Å². The molecule has 112 valence electrons. The van der Waals surface area contributed by atoms with Crippen LogP contribution in [0, 0.1) is 0 Å². The molecule has 20 heavy (non-hydrogen) atoms. The fraction of sp³-hybridized carbons (Fsp3) is 0.533. The fourth-order valence-corrected chi connectivity index (χ4v) is 3.19. The first-order valence-corrected chi connectivity index (χ1v) is 7.82. The summed E-state index contributed by atoms with van der Waals surface area (Å²) in [6, 6.07) is 8.37. The van der Waals surface area contributed by atoms with Gasteiger partial charge in [0.1, 0.15) is 0 Å². The predicted octanol–water partition coefficient (Wildman–Crippen LogP) is 3.69. The molecule has 0 spiro atoms. The lowest BCUT2D eigenvalue weighted by Gasteiger charge is -2.14. The summed E-state index contributed by atoms with van der Waals surface area (Å²) in [6.07, 6.45) is 2.86. The molecule has 1 saturated heterocycles. The molecule has 5 heteroatoms. The lowest BCUT2D eigenvalue weighted by atomic mass is 10.1. The van der Waals surface area contributed by atoms with Gasteiger partial charge in [0.2, 0.25) is 5.91 Å².